The van der Waals surface area contributed by atoms with Crippen LogP contribution in [0, 0.1) is 0 Å². The van der Waals surface area contributed by atoms with E-state index in [0.717, 1.165) is 0 Å². The van der Waals surface area contributed by atoms with E-state index >= 15 is 0 Å². The Labute approximate surface area is 83.7 Å². The summed E-state index contributed by atoms with van der Waals surface area (Å²) >= 11 is 9.35. The molecule has 6 heteroatoms. The summed E-state index contributed by atoms with van der Waals surface area (Å²) in [5, 5.41) is 8.30. The van der Waals surface area contributed by atoms with Crippen molar-refractivity contribution in [2.45, 2.75) is 14.6 Å². The fourth-order valence-corrected chi connectivity index (χ4v) is 0.789. The third-order valence-corrected chi connectivity index (χ3v) is 2.58. The van der Waals surface area contributed by atoms with Gasteiger partial charge in [-0.15, -0.1) is 0 Å². The average molecular weight is 340 g/mol. The van der Waals surface area contributed by atoms with Crippen molar-refractivity contribution in [1.82, 2.24) is 0 Å². The van der Waals surface area contributed by atoms with Crippen LogP contribution in [0.2, 0.25) is 0 Å². The summed E-state index contributed by atoms with van der Waals surface area (Å²) in [6.45, 7) is 0. The van der Waals surface area contributed by atoms with E-state index in [4.69, 9.17) is 10.8 Å². The zero-order valence-corrected chi connectivity index (χ0v) is 9.61. The predicted octanol–water partition coefficient (Wildman–Crippen LogP) is 1.63. The maximum Gasteiger partial charge on any atom is 0.305 e. The van der Waals surface area contributed by atoms with Crippen molar-refractivity contribution in [3.05, 3.63) is 0 Å². The molecule has 0 saturated carbocycles. The predicted molar refractivity (Wildman–Crippen MR) is 49.7 cm³/mol. The number of hydrogen-bond donors (Lipinski definition) is 2. The number of carboxylic acids is 1. The topological polar surface area (TPSA) is 63.3 Å². The third kappa shape index (κ3) is 4.65. The van der Waals surface area contributed by atoms with Crippen molar-refractivity contribution in [2.75, 3.05) is 0 Å². The van der Waals surface area contributed by atoms with Gasteiger partial charge in [-0.05, 0) is 0 Å². The normalized spacial score (nSPS) is 14.8. The number of nitrogens with two attached hydrogens (primary N) is 1. The summed E-state index contributed by atoms with van der Waals surface area (Å²) in [4.78, 5) is 10.1. The van der Waals surface area contributed by atoms with Crippen LogP contribution < -0.4 is 5.73 Å². The van der Waals surface area contributed by atoms with Gasteiger partial charge in [-0.25, -0.2) is 0 Å². The minimum Gasteiger partial charge on any atom is -0.481 e. The lowest BCUT2D eigenvalue weighted by atomic mass is 10.3. The molecule has 3 nitrogen and oxygen atoms in total. The average Bonchev–Trinajstić information content (AvgIpc) is 1.60. The highest BCUT2D eigenvalue weighted by atomic mass is 80.0. The van der Waals surface area contributed by atoms with Gasteiger partial charge >= 0.3 is 5.97 Å². The van der Waals surface area contributed by atoms with Gasteiger partial charge in [-0.3, -0.25) is 4.79 Å². The molecule has 0 amide bonds. The molecule has 1 atom stereocenters. The summed E-state index contributed by atoms with van der Waals surface area (Å²) in [7, 11) is 0. The molecule has 0 aliphatic rings. The van der Waals surface area contributed by atoms with Crippen molar-refractivity contribution in [3.8, 4) is 0 Å². The van der Waals surface area contributed by atoms with E-state index in [1.807, 2.05) is 0 Å². The third-order valence-electron chi connectivity index (χ3n) is 0.815. The van der Waals surface area contributed by atoms with Crippen LogP contribution in [-0.4, -0.2) is 19.3 Å². The Kier molecular flexibility index (Phi) is 4.39. The highest BCUT2D eigenvalue weighted by molar-refractivity contribution is 9.39. The van der Waals surface area contributed by atoms with Gasteiger partial charge in [0.15, 0.2) is 0 Å². The minimum atomic E-state index is -0.921. The Balaban J connectivity index is 3.85. The first-order chi connectivity index (χ1) is 4.34. The summed E-state index contributed by atoms with van der Waals surface area (Å²) in [5.41, 5.74) is 5.43. The maximum absolute atomic E-state index is 10.1. The van der Waals surface area contributed by atoms with Crippen LogP contribution in [0.3, 0.4) is 0 Å². The zero-order valence-electron chi connectivity index (χ0n) is 4.85. The molecule has 0 radical (unpaired) electrons. The largest absolute Gasteiger partial charge is 0.481 e. The molecule has 0 aromatic carbocycles. The molecule has 0 aliphatic carbocycles. The quantitative estimate of drug-likeness (QED) is 0.752. The van der Waals surface area contributed by atoms with Gasteiger partial charge in [0.05, 0.1) is 12.5 Å². The molecule has 3 N–H and O–H groups in total. The standard InChI is InChI=1S/C4H6Br3NO2/c5-4(6,7)2(8)1-3(9)10/h2H,1,8H2,(H,9,10). The molecular formula is C4H6Br3NO2. The molecule has 0 aromatic rings. The highest BCUT2D eigenvalue weighted by Gasteiger charge is 2.28. The molecule has 0 fully saturated rings. The number of carboxylic acid groups (broad SMARTS) is 1. The lowest BCUT2D eigenvalue weighted by Crippen LogP contribution is -2.35. The van der Waals surface area contributed by atoms with E-state index in [1.54, 1.807) is 0 Å². The van der Waals surface area contributed by atoms with E-state index in [-0.39, 0.29) is 6.42 Å². The van der Waals surface area contributed by atoms with Gasteiger partial charge in [0.25, 0.3) is 0 Å². The first-order valence-corrected chi connectivity index (χ1v) is 4.76. The summed E-state index contributed by atoms with van der Waals surface area (Å²) in [6, 6.07) is -0.509. The number of alkyl halides is 3. The van der Waals surface area contributed by atoms with E-state index < -0.39 is 14.2 Å². The fraction of sp³-hybridized carbons (Fsp3) is 0.750. The van der Waals surface area contributed by atoms with Gasteiger partial charge in [-0.1, -0.05) is 47.8 Å². The van der Waals surface area contributed by atoms with E-state index in [0.29, 0.717) is 0 Å². The number of hydrogen-bond acceptors (Lipinski definition) is 2. The van der Waals surface area contributed by atoms with E-state index in [1.165, 1.54) is 0 Å². The Morgan fingerprint density at radius 1 is 1.60 bits per heavy atom. The molecule has 60 valence electrons. The summed E-state index contributed by atoms with van der Waals surface area (Å²) < 4.78 is -0.675. The monoisotopic (exact) mass is 337 g/mol. The van der Waals surface area contributed by atoms with Gasteiger partial charge in [0.1, 0.15) is 2.14 Å². The first-order valence-electron chi connectivity index (χ1n) is 2.38. The van der Waals surface area contributed by atoms with Crippen molar-refractivity contribution in [2.24, 2.45) is 5.73 Å². The Morgan fingerprint density at radius 3 is 2.10 bits per heavy atom. The van der Waals surface area contributed by atoms with Crippen LogP contribution in [-0.2, 0) is 4.79 Å². The number of aliphatic carboxylic acids is 1. The second-order valence-corrected chi connectivity index (χ2v) is 8.69. The molecular weight excluding hydrogens is 334 g/mol. The minimum absolute atomic E-state index is 0.0955. The lowest BCUT2D eigenvalue weighted by Gasteiger charge is -2.18. The van der Waals surface area contributed by atoms with E-state index in [9.17, 15) is 4.79 Å². The van der Waals surface area contributed by atoms with Crippen molar-refractivity contribution < 1.29 is 9.90 Å². The number of halogens is 3. The zero-order chi connectivity index (χ0) is 8.36. The number of carbonyl (C=O) groups is 1. The Bertz CT molecular complexity index is 133. The van der Waals surface area contributed by atoms with Gasteiger partial charge in [-0.2, -0.15) is 0 Å². The molecule has 0 heterocycles. The van der Waals surface area contributed by atoms with Crippen LogP contribution in [0.4, 0.5) is 0 Å². The van der Waals surface area contributed by atoms with Crippen LogP contribution in [0.5, 0.6) is 0 Å². The lowest BCUT2D eigenvalue weighted by molar-refractivity contribution is -0.137. The fourth-order valence-electron chi connectivity index (χ4n) is 0.304. The summed E-state index contributed by atoms with van der Waals surface area (Å²) in [5.74, 6) is -0.921. The molecule has 0 aromatic heterocycles. The Hall–Kier alpha value is 0.870. The SMILES string of the molecule is NC(CC(=O)O)C(Br)(Br)Br. The number of rotatable bonds is 2. The maximum atomic E-state index is 10.1. The van der Waals surface area contributed by atoms with Crippen molar-refractivity contribution in [3.63, 3.8) is 0 Å². The first kappa shape index (κ1) is 10.9. The van der Waals surface area contributed by atoms with Crippen LogP contribution in [0.1, 0.15) is 6.42 Å². The second-order valence-electron chi connectivity index (χ2n) is 1.75. The van der Waals surface area contributed by atoms with Crippen molar-refractivity contribution in [1.29, 1.82) is 0 Å². The second kappa shape index (κ2) is 4.04. The van der Waals surface area contributed by atoms with Gasteiger partial charge in [0.2, 0.25) is 0 Å². The van der Waals surface area contributed by atoms with E-state index in [2.05, 4.69) is 47.8 Å². The van der Waals surface area contributed by atoms with Crippen molar-refractivity contribution >= 4 is 53.8 Å². The Morgan fingerprint density at radius 2 is 2.00 bits per heavy atom. The van der Waals surface area contributed by atoms with Crippen LogP contribution in [0.25, 0.3) is 0 Å². The molecule has 0 aliphatic heterocycles. The van der Waals surface area contributed by atoms with Gasteiger partial charge in [0, 0.05) is 0 Å². The molecule has 10 heavy (non-hydrogen) atoms. The smallest absolute Gasteiger partial charge is 0.305 e. The summed E-state index contributed by atoms with van der Waals surface area (Å²) in [6.07, 6.45) is -0.0955. The van der Waals surface area contributed by atoms with Crippen LogP contribution >= 0.6 is 47.8 Å². The highest BCUT2D eigenvalue weighted by Crippen LogP contribution is 2.37. The van der Waals surface area contributed by atoms with Gasteiger partial charge < -0.3 is 10.8 Å². The molecule has 0 saturated heterocycles. The van der Waals surface area contributed by atoms with Crippen LogP contribution in [0.15, 0.2) is 0 Å². The molecule has 0 bridgehead atoms. The molecule has 0 rings (SSSR count). The molecule has 1 unspecified atom stereocenters. The molecule has 0 spiro atoms.